The lowest BCUT2D eigenvalue weighted by molar-refractivity contribution is 0.625. The summed E-state index contributed by atoms with van der Waals surface area (Å²) in [5.41, 5.74) is 7.38. The van der Waals surface area contributed by atoms with Crippen LogP contribution in [0.4, 0.5) is 5.69 Å². The van der Waals surface area contributed by atoms with Crippen molar-refractivity contribution in [2.45, 2.75) is 26.3 Å². The quantitative estimate of drug-likeness (QED) is 0.796. The second-order valence-corrected chi connectivity index (χ2v) is 5.05. The zero-order valence-electron chi connectivity index (χ0n) is 9.68. The van der Waals surface area contributed by atoms with Gasteiger partial charge in [-0.25, -0.2) is 0 Å². The predicted molar refractivity (Wildman–Crippen MR) is 70.7 cm³/mol. The van der Waals surface area contributed by atoms with Gasteiger partial charge < -0.3 is 10.6 Å². The first-order valence-electron chi connectivity index (χ1n) is 5.60. The highest BCUT2D eigenvalue weighted by molar-refractivity contribution is 7.80. The Balaban J connectivity index is 2.19. The fourth-order valence-corrected chi connectivity index (χ4v) is 2.48. The Labute approximate surface area is 102 Å². The van der Waals surface area contributed by atoms with Crippen molar-refractivity contribution >= 4 is 22.9 Å². The summed E-state index contributed by atoms with van der Waals surface area (Å²) in [5, 5.41) is 0. The summed E-state index contributed by atoms with van der Waals surface area (Å²) in [6, 6.07) is 4.54. The number of hydrogen-bond donors (Lipinski definition) is 1. The predicted octanol–water partition coefficient (Wildman–Crippen LogP) is 1.95. The van der Waals surface area contributed by atoms with Crippen molar-refractivity contribution in [1.29, 1.82) is 0 Å². The van der Waals surface area contributed by atoms with Crippen molar-refractivity contribution in [3.05, 3.63) is 24.0 Å². The van der Waals surface area contributed by atoms with Crippen LogP contribution in [0.2, 0.25) is 0 Å². The average molecular weight is 235 g/mol. The van der Waals surface area contributed by atoms with Crippen molar-refractivity contribution in [3.63, 3.8) is 0 Å². The number of aromatic nitrogens is 1. The number of pyridine rings is 1. The maximum atomic E-state index is 5.52. The van der Waals surface area contributed by atoms with Crippen LogP contribution in [0.3, 0.4) is 0 Å². The average Bonchev–Trinajstić information content (AvgIpc) is 2.58. The molecule has 1 aliphatic rings. The van der Waals surface area contributed by atoms with E-state index < -0.39 is 0 Å². The zero-order valence-corrected chi connectivity index (χ0v) is 10.5. The van der Waals surface area contributed by atoms with Crippen LogP contribution in [0.25, 0.3) is 0 Å². The van der Waals surface area contributed by atoms with Crippen LogP contribution in [-0.2, 0) is 0 Å². The van der Waals surface area contributed by atoms with E-state index in [0.29, 0.717) is 16.7 Å². The van der Waals surface area contributed by atoms with E-state index in [1.54, 1.807) is 0 Å². The minimum Gasteiger partial charge on any atom is -0.388 e. The van der Waals surface area contributed by atoms with E-state index in [1.807, 2.05) is 12.3 Å². The summed E-state index contributed by atoms with van der Waals surface area (Å²) in [4.78, 5) is 7.02. The lowest BCUT2D eigenvalue weighted by atomic mass is 10.1. The Bertz CT molecular complexity index is 388. The van der Waals surface area contributed by atoms with Crippen molar-refractivity contribution in [2.75, 3.05) is 11.4 Å². The third-order valence-corrected chi connectivity index (χ3v) is 3.33. The number of rotatable bonds is 2. The van der Waals surface area contributed by atoms with E-state index in [9.17, 15) is 0 Å². The molecule has 3 nitrogen and oxygen atoms in total. The van der Waals surface area contributed by atoms with Gasteiger partial charge in [-0.15, -0.1) is 0 Å². The Morgan fingerprint density at radius 2 is 2.25 bits per heavy atom. The molecular weight excluding hydrogens is 218 g/mol. The van der Waals surface area contributed by atoms with Gasteiger partial charge in [-0.05, 0) is 31.4 Å². The van der Waals surface area contributed by atoms with Crippen LogP contribution >= 0.6 is 12.2 Å². The van der Waals surface area contributed by atoms with Gasteiger partial charge in [0.25, 0.3) is 0 Å². The third-order valence-electron chi connectivity index (χ3n) is 3.12. The van der Waals surface area contributed by atoms with Gasteiger partial charge in [0.1, 0.15) is 4.99 Å². The van der Waals surface area contributed by atoms with Crippen molar-refractivity contribution in [1.82, 2.24) is 4.98 Å². The molecule has 1 aromatic heterocycles. The normalized spacial score (nSPS) is 24.8. The fourth-order valence-electron chi connectivity index (χ4n) is 2.36. The van der Waals surface area contributed by atoms with Crippen molar-refractivity contribution in [2.24, 2.45) is 11.7 Å². The SMILES string of the molecule is CC1CC(C)N(c2ccc(C(N)=S)nc2)C1. The number of anilines is 1. The molecule has 1 saturated heterocycles. The molecule has 2 atom stereocenters. The molecule has 0 aromatic carbocycles. The lowest BCUT2D eigenvalue weighted by Gasteiger charge is -2.23. The first-order chi connectivity index (χ1) is 7.58. The highest BCUT2D eigenvalue weighted by Crippen LogP contribution is 2.27. The van der Waals surface area contributed by atoms with Crippen LogP contribution in [0.15, 0.2) is 18.3 Å². The molecule has 16 heavy (non-hydrogen) atoms. The Hall–Kier alpha value is -1.16. The Kier molecular flexibility index (Phi) is 3.10. The van der Waals surface area contributed by atoms with Crippen LogP contribution in [0.1, 0.15) is 26.0 Å². The summed E-state index contributed by atoms with van der Waals surface area (Å²) in [5.74, 6) is 0.755. The van der Waals surface area contributed by atoms with Gasteiger partial charge in [0.15, 0.2) is 0 Å². The number of thiocarbonyl (C=S) groups is 1. The molecule has 2 heterocycles. The molecule has 4 heteroatoms. The summed E-state index contributed by atoms with van der Waals surface area (Å²) >= 11 is 4.88. The zero-order chi connectivity index (χ0) is 11.7. The van der Waals surface area contributed by atoms with Crippen LogP contribution in [0.5, 0.6) is 0 Å². The van der Waals surface area contributed by atoms with E-state index in [-0.39, 0.29) is 0 Å². The standard InChI is InChI=1S/C12H17N3S/c1-8-5-9(2)15(7-8)10-3-4-11(12(13)16)14-6-10/h3-4,6,8-9H,5,7H2,1-2H3,(H2,13,16). The smallest absolute Gasteiger partial charge is 0.122 e. The summed E-state index contributed by atoms with van der Waals surface area (Å²) in [6.07, 6.45) is 3.11. The van der Waals surface area contributed by atoms with E-state index in [2.05, 4.69) is 29.8 Å². The molecule has 0 aliphatic carbocycles. The maximum absolute atomic E-state index is 5.52. The minimum absolute atomic E-state index is 0.356. The second kappa shape index (κ2) is 4.37. The second-order valence-electron chi connectivity index (χ2n) is 4.61. The minimum atomic E-state index is 0.356. The Morgan fingerprint density at radius 1 is 1.50 bits per heavy atom. The number of nitrogens with zero attached hydrogens (tertiary/aromatic N) is 2. The topological polar surface area (TPSA) is 42.1 Å². The van der Waals surface area contributed by atoms with Gasteiger partial charge in [-0.3, -0.25) is 4.98 Å². The Morgan fingerprint density at radius 3 is 2.69 bits per heavy atom. The molecule has 0 spiro atoms. The molecular formula is C12H17N3S. The summed E-state index contributed by atoms with van der Waals surface area (Å²) in [7, 11) is 0. The molecule has 0 radical (unpaired) electrons. The van der Waals surface area contributed by atoms with E-state index in [1.165, 1.54) is 6.42 Å². The molecule has 2 rings (SSSR count). The van der Waals surface area contributed by atoms with Gasteiger partial charge in [0.2, 0.25) is 0 Å². The van der Waals surface area contributed by atoms with Crippen LogP contribution in [-0.4, -0.2) is 22.6 Å². The van der Waals surface area contributed by atoms with Crippen molar-refractivity contribution < 1.29 is 0 Å². The molecule has 86 valence electrons. The first-order valence-corrected chi connectivity index (χ1v) is 6.01. The lowest BCUT2D eigenvalue weighted by Crippen LogP contribution is -2.26. The van der Waals surface area contributed by atoms with E-state index >= 15 is 0 Å². The summed E-state index contributed by atoms with van der Waals surface area (Å²) < 4.78 is 0. The molecule has 1 aliphatic heterocycles. The van der Waals surface area contributed by atoms with Gasteiger partial charge in [-0.2, -0.15) is 0 Å². The monoisotopic (exact) mass is 235 g/mol. The largest absolute Gasteiger partial charge is 0.388 e. The molecule has 0 bridgehead atoms. The van der Waals surface area contributed by atoms with Crippen molar-refractivity contribution in [3.8, 4) is 0 Å². The van der Waals surface area contributed by atoms with Gasteiger partial charge in [0.05, 0.1) is 17.6 Å². The maximum Gasteiger partial charge on any atom is 0.122 e. The van der Waals surface area contributed by atoms with Crippen LogP contribution < -0.4 is 10.6 Å². The van der Waals surface area contributed by atoms with E-state index in [4.69, 9.17) is 18.0 Å². The van der Waals surface area contributed by atoms with E-state index in [0.717, 1.165) is 18.2 Å². The first kappa shape index (κ1) is 11.3. The molecule has 1 fully saturated rings. The van der Waals surface area contributed by atoms with Gasteiger partial charge in [0, 0.05) is 12.6 Å². The highest BCUT2D eigenvalue weighted by Gasteiger charge is 2.26. The third kappa shape index (κ3) is 2.16. The summed E-state index contributed by atoms with van der Waals surface area (Å²) in [6.45, 7) is 5.65. The molecule has 0 amide bonds. The molecule has 1 aromatic rings. The number of nitrogens with two attached hydrogens (primary N) is 1. The molecule has 2 unspecified atom stereocenters. The van der Waals surface area contributed by atoms with Gasteiger partial charge in [-0.1, -0.05) is 19.1 Å². The highest BCUT2D eigenvalue weighted by atomic mass is 32.1. The molecule has 2 N–H and O–H groups in total. The van der Waals surface area contributed by atoms with Gasteiger partial charge >= 0.3 is 0 Å². The van der Waals surface area contributed by atoms with Crippen LogP contribution in [0, 0.1) is 5.92 Å². The fraction of sp³-hybridized carbons (Fsp3) is 0.500. The number of hydrogen-bond acceptors (Lipinski definition) is 3. The molecule has 0 saturated carbocycles.